The first-order chi connectivity index (χ1) is 23.4. The van der Waals surface area contributed by atoms with Crippen molar-refractivity contribution in [3.63, 3.8) is 0 Å². The molecule has 0 aromatic heterocycles. The van der Waals surface area contributed by atoms with E-state index < -0.39 is 42.3 Å². The van der Waals surface area contributed by atoms with Crippen LogP contribution in [0.2, 0.25) is 0 Å². The van der Waals surface area contributed by atoms with Crippen LogP contribution in [0.5, 0.6) is 11.5 Å². The molecule has 12 nitrogen and oxygen atoms in total. The molecule has 3 amide bonds. The minimum absolute atomic E-state index is 0.0441. The number of fused-ring (bicyclic) bond motifs is 3. The Labute approximate surface area is 286 Å². The molecule has 0 spiro atoms. The lowest BCUT2D eigenvalue weighted by Gasteiger charge is -2.27. The Balaban J connectivity index is 1.48. The summed E-state index contributed by atoms with van der Waals surface area (Å²) in [5, 5.41) is 15.1. The Morgan fingerprint density at radius 3 is 2.12 bits per heavy atom. The van der Waals surface area contributed by atoms with E-state index in [0.717, 1.165) is 27.2 Å². The van der Waals surface area contributed by atoms with Crippen LogP contribution in [-0.4, -0.2) is 79.6 Å². The molecule has 49 heavy (non-hydrogen) atoms. The number of aliphatic carboxylic acids is 1. The molecule has 0 radical (unpaired) electrons. The van der Waals surface area contributed by atoms with Crippen molar-refractivity contribution in [1.29, 1.82) is 0 Å². The average molecular weight is 676 g/mol. The molecule has 0 saturated carbocycles. The van der Waals surface area contributed by atoms with E-state index in [2.05, 4.69) is 10.6 Å². The van der Waals surface area contributed by atoms with Crippen LogP contribution in [-0.2, 0) is 25.6 Å². The van der Waals surface area contributed by atoms with Crippen molar-refractivity contribution in [2.75, 3.05) is 33.9 Å². The molecule has 0 saturated heterocycles. The number of rotatable bonds is 15. The summed E-state index contributed by atoms with van der Waals surface area (Å²) < 4.78 is 21.7. The van der Waals surface area contributed by atoms with Crippen LogP contribution in [0.25, 0.3) is 11.1 Å². The molecule has 3 aromatic carbocycles. The third-order valence-corrected chi connectivity index (χ3v) is 8.01. The highest BCUT2D eigenvalue weighted by Crippen LogP contribution is 2.44. The van der Waals surface area contributed by atoms with Crippen LogP contribution in [0.3, 0.4) is 0 Å². The number of amides is 3. The smallest absolute Gasteiger partial charge is 0.407 e. The van der Waals surface area contributed by atoms with Crippen molar-refractivity contribution in [1.82, 2.24) is 15.5 Å². The second-order valence-electron chi connectivity index (χ2n) is 12.7. The van der Waals surface area contributed by atoms with Gasteiger partial charge in [0.05, 0.1) is 20.8 Å². The molecule has 12 heteroatoms. The summed E-state index contributed by atoms with van der Waals surface area (Å²) in [4.78, 5) is 52.4. The minimum atomic E-state index is -1.22. The largest absolute Gasteiger partial charge is 0.497 e. The fraction of sp³-hybridized carbons (Fsp3) is 0.405. The van der Waals surface area contributed by atoms with E-state index in [9.17, 15) is 24.3 Å². The summed E-state index contributed by atoms with van der Waals surface area (Å²) in [6, 6.07) is 19.8. The number of hydrogen-bond donors (Lipinski definition) is 3. The standard InChI is InChI=1S/C37H45N3O9/c1-37(2,3)49-35(44)38-19-11-10-16-31(34(43)40(22-33(41)42)21-24-17-18-25(46-4)20-32(24)47-5)39-36(45)48-23-30-28-14-8-6-12-26(28)27-13-7-9-15-29(27)30/h6-9,12-15,17-18,20,30-31H,10-11,16,19,21-23H2,1-5H3,(H,38,44)(H,39,45)(H,41,42)/t31-/m0/s1. The lowest BCUT2D eigenvalue weighted by atomic mass is 9.98. The fourth-order valence-corrected chi connectivity index (χ4v) is 5.80. The van der Waals surface area contributed by atoms with Crippen LogP contribution < -0.4 is 20.1 Å². The Bertz CT molecular complexity index is 1590. The van der Waals surface area contributed by atoms with E-state index >= 15 is 0 Å². The van der Waals surface area contributed by atoms with Gasteiger partial charge in [0.1, 0.15) is 36.3 Å². The van der Waals surface area contributed by atoms with Gasteiger partial charge in [-0.15, -0.1) is 0 Å². The van der Waals surface area contributed by atoms with Gasteiger partial charge in [-0.25, -0.2) is 9.59 Å². The SMILES string of the molecule is COc1ccc(CN(CC(=O)O)C(=O)[C@H](CCCCNC(=O)OC(C)(C)C)NC(=O)OCC2c3ccccc3-c3ccccc32)c(OC)c1. The van der Waals surface area contributed by atoms with Crippen LogP contribution >= 0.6 is 0 Å². The lowest BCUT2D eigenvalue weighted by Crippen LogP contribution is -2.50. The number of nitrogens with zero attached hydrogens (tertiary/aromatic N) is 1. The molecular formula is C37H45N3O9. The Kier molecular flexibility index (Phi) is 12.5. The summed E-state index contributed by atoms with van der Waals surface area (Å²) in [6.45, 7) is 4.91. The number of carboxylic acid groups (broad SMARTS) is 1. The molecule has 4 rings (SSSR count). The Morgan fingerprint density at radius 2 is 1.53 bits per heavy atom. The topological polar surface area (TPSA) is 153 Å². The average Bonchev–Trinajstić information content (AvgIpc) is 3.38. The second-order valence-corrected chi connectivity index (χ2v) is 12.7. The van der Waals surface area contributed by atoms with E-state index in [1.165, 1.54) is 14.2 Å². The van der Waals surface area contributed by atoms with Crippen molar-refractivity contribution in [3.05, 3.63) is 83.4 Å². The third kappa shape index (κ3) is 10.1. The number of ether oxygens (including phenoxy) is 4. The van der Waals surface area contributed by atoms with Gasteiger partial charge in [-0.3, -0.25) is 9.59 Å². The van der Waals surface area contributed by atoms with E-state index in [1.54, 1.807) is 39.0 Å². The quantitative estimate of drug-likeness (QED) is 0.172. The molecule has 262 valence electrons. The first-order valence-corrected chi connectivity index (χ1v) is 16.2. The molecule has 3 aromatic rings. The zero-order chi connectivity index (χ0) is 35.6. The molecule has 1 aliphatic rings. The molecule has 1 atom stereocenters. The van der Waals surface area contributed by atoms with Gasteiger partial charge in [-0.05, 0) is 74.4 Å². The highest BCUT2D eigenvalue weighted by molar-refractivity contribution is 5.88. The van der Waals surface area contributed by atoms with E-state index in [1.807, 2.05) is 48.5 Å². The Morgan fingerprint density at radius 1 is 0.878 bits per heavy atom. The van der Waals surface area contributed by atoms with Gasteiger partial charge in [-0.1, -0.05) is 48.5 Å². The Hall–Kier alpha value is -5.26. The highest BCUT2D eigenvalue weighted by Gasteiger charge is 2.31. The van der Waals surface area contributed by atoms with Crippen molar-refractivity contribution in [2.24, 2.45) is 0 Å². The number of carboxylic acids is 1. The first-order valence-electron chi connectivity index (χ1n) is 16.2. The zero-order valence-electron chi connectivity index (χ0n) is 28.6. The predicted molar refractivity (Wildman–Crippen MR) is 183 cm³/mol. The zero-order valence-corrected chi connectivity index (χ0v) is 28.6. The maximum Gasteiger partial charge on any atom is 0.407 e. The van der Waals surface area contributed by atoms with Crippen LogP contribution in [0.4, 0.5) is 9.59 Å². The number of methoxy groups -OCH3 is 2. The molecule has 0 unspecified atom stereocenters. The maximum atomic E-state index is 14.0. The van der Waals surface area contributed by atoms with Gasteiger partial charge in [0.15, 0.2) is 0 Å². The number of carbonyl (C=O) groups excluding carboxylic acids is 3. The lowest BCUT2D eigenvalue weighted by molar-refractivity contribution is -0.145. The number of benzene rings is 3. The number of carbonyl (C=O) groups is 4. The van der Waals surface area contributed by atoms with Gasteiger partial charge in [-0.2, -0.15) is 0 Å². The van der Waals surface area contributed by atoms with Crippen LogP contribution in [0.1, 0.15) is 62.6 Å². The number of hydrogen-bond acceptors (Lipinski definition) is 8. The van der Waals surface area contributed by atoms with E-state index in [0.29, 0.717) is 29.9 Å². The van der Waals surface area contributed by atoms with Crippen molar-refractivity contribution >= 4 is 24.1 Å². The molecule has 1 aliphatic carbocycles. The monoisotopic (exact) mass is 675 g/mol. The summed E-state index contributed by atoms with van der Waals surface area (Å²) in [5.41, 5.74) is 4.16. The van der Waals surface area contributed by atoms with Gasteiger partial charge >= 0.3 is 18.2 Å². The predicted octanol–water partition coefficient (Wildman–Crippen LogP) is 5.72. The van der Waals surface area contributed by atoms with Crippen LogP contribution in [0.15, 0.2) is 66.7 Å². The maximum absolute atomic E-state index is 14.0. The van der Waals surface area contributed by atoms with Crippen LogP contribution in [0, 0.1) is 0 Å². The van der Waals surface area contributed by atoms with Crippen molar-refractivity contribution in [3.8, 4) is 22.6 Å². The van der Waals surface area contributed by atoms with Gasteiger partial charge in [0.25, 0.3) is 0 Å². The number of unbranched alkanes of at least 4 members (excludes halogenated alkanes) is 1. The molecule has 0 fully saturated rings. The molecule has 0 aliphatic heterocycles. The summed E-state index contributed by atoms with van der Waals surface area (Å²) in [6.07, 6.45) is -0.305. The molecule has 0 bridgehead atoms. The molecule has 0 heterocycles. The summed E-state index contributed by atoms with van der Waals surface area (Å²) in [5.74, 6) is -1.06. The van der Waals surface area contributed by atoms with Crippen molar-refractivity contribution < 1.29 is 43.2 Å². The normalized spacial score (nSPS) is 12.6. The summed E-state index contributed by atoms with van der Waals surface area (Å²) in [7, 11) is 2.98. The number of nitrogens with one attached hydrogen (secondary N) is 2. The second kappa shape index (κ2) is 16.7. The van der Waals surface area contributed by atoms with E-state index in [-0.39, 0.29) is 32.0 Å². The highest BCUT2D eigenvalue weighted by atomic mass is 16.6. The molecular weight excluding hydrogens is 630 g/mol. The summed E-state index contributed by atoms with van der Waals surface area (Å²) >= 11 is 0. The fourth-order valence-electron chi connectivity index (χ4n) is 5.80. The van der Waals surface area contributed by atoms with Gasteiger partial charge < -0.3 is 39.6 Å². The van der Waals surface area contributed by atoms with Gasteiger partial charge in [0, 0.05) is 24.1 Å². The minimum Gasteiger partial charge on any atom is -0.497 e. The third-order valence-electron chi connectivity index (χ3n) is 8.01. The number of alkyl carbamates (subject to hydrolysis) is 2. The van der Waals surface area contributed by atoms with E-state index in [4.69, 9.17) is 18.9 Å². The first kappa shape index (κ1) is 36.6. The van der Waals surface area contributed by atoms with Crippen molar-refractivity contribution in [2.45, 2.75) is 64.1 Å². The molecule has 3 N–H and O–H groups in total. The van der Waals surface area contributed by atoms with Gasteiger partial charge in [0.2, 0.25) is 5.91 Å².